The molecule has 24 heteroatoms. The molecule has 0 saturated heterocycles. The van der Waals surface area contributed by atoms with E-state index in [9.17, 15) is 44.0 Å². The van der Waals surface area contributed by atoms with Gasteiger partial charge >= 0.3 is 0 Å². The fourth-order valence-electron chi connectivity index (χ4n) is 4.30. The molecule has 0 saturated carbocycles. The second-order valence-corrected chi connectivity index (χ2v) is 14.0. The van der Waals surface area contributed by atoms with Gasteiger partial charge in [0.1, 0.15) is 21.2 Å². The van der Waals surface area contributed by atoms with Crippen LogP contribution >= 0.6 is 11.6 Å². The normalized spacial score (nSPS) is 11.7. The Hall–Kier alpha value is -1.83. The molecule has 5 N–H and O–H groups in total. The summed E-state index contributed by atoms with van der Waals surface area (Å²) in [5, 5.41) is 20.4. The Kier molecular flexibility index (Phi) is 15.4. The van der Waals surface area contributed by atoms with Crippen LogP contribution in [0.25, 0.3) is 10.8 Å². The van der Waals surface area contributed by atoms with Crippen molar-refractivity contribution < 1.29 is 44.0 Å². The number of para-hydroxylation sites is 1. The van der Waals surface area contributed by atoms with E-state index in [1.165, 1.54) is 12.1 Å². The first kappa shape index (κ1) is 44.3. The number of nitrogens with zero attached hydrogens (tertiary/aromatic N) is 6. The summed E-state index contributed by atoms with van der Waals surface area (Å²) in [6.45, 7) is 0. The van der Waals surface area contributed by atoms with Crippen LogP contribution < -0.4 is 10.2 Å². The molecule has 0 amide bonds. The van der Waals surface area contributed by atoms with Gasteiger partial charge < -0.3 is 15.3 Å². The minimum Gasteiger partial charge on any atom is -0.505 e. The summed E-state index contributed by atoms with van der Waals surface area (Å²) in [7, 11) is -13.4. The molecule has 3 radical (unpaired) electrons. The van der Waals surface area contributed by atoms with E-state index in [1.807, 2.05) is 0 Å². The summed E-state index contributed by atoms with van der Waals surface area (Å²) in [6, 6.07) is 15.9. The van der Waals surface area contributed by atoms with E-state index in [2.05, 4.69) is 30.5 Å². The first-order chi connectivity index (χ1) is 21.9. The molecule has 0 fully saturated rings. The number of aromatic hydroxyl groups is 1. The Labute approximate surface area is 356 Å². The topological polar surface area (TPSA) is 262 Å². The molecule has 0 spiro atoms. The molecule has 1 heterocycles. The smallest absolute Gasteiger partial charge is 0.296 e. The number of benzene rings is 4. The molecule has 50 heavy (non-hydrogen) atoms. The number of halogens is 1. The Bertz CT molecular complexity index is 2430. The van der Waals surface area contributed by atoms with Crippen LogP contribution in [-0.2, 0) is 30.4 Å². The number of nitrogens with one attached hydrogen (secondary N) is 1. The Morgan fingerprint density at radius 1 is 0.740 bits per heavy atom. The van der Waals surface area contributed by atoms with E-state index in [4.69, 9.17) is 11.6 Å². The maximum atomic E-state index is 12.4. The Balaban J connectivity index is 0.00000289. The van der Waals surface area contributed by atoms with E-state index in [0.29, 0.717) is 5.69 Å². The van der Waals surface area contributed by atoms with E-state index in [1.54, 1.807) is 42.3 Å². The van der Waals surface area contributed by atoms with E-state index < -0.39 is 62.2 Å². The van der Waals surface area contributed by atoms with Gasteiger partial charge in [-0.2, -0.15) is 40.2 Å². The molecular weight excluding hydrogens is 771 g/mol. The summed E-state index contributed by atoms with van der Waals surface area (Å²) >= 11 is 6.14. The second-order valence-electron chi connectivity index (χ2n) is 9.48. The molecule has 5 rings (SSSR count). The van der Waals surface area contributed by atoms with Crippen molar-refractivity contribution in [1.82, 2.24) is 15.0 Å². The van der Waals surface area contributed by atoms with Gasteiger partial charge in [0.05, 0.1) is 10.6 Å². The van der Waals surface area contributed by atoms with Gasteiger partial charge in [0.15, 0.2) is 5.75 Å². The molecule has 247 valence electrons. The maximum Gasteiger partial charge on any atom is 0.296 e. The predicted molar refractivity (Wildman–Crippen MR) is 186 cm³/mol. The van der Waals surface area contributed by atoms with Gasteiger partial charge in [-0.25, -0.2) is 0 Å². The van der Waals surface area contributed by atoms with Crippen molar-refractivity contribution in [2.45, 2.75) is 14.7 Å². The quantitative estimate of drug-likeness (QED) is 0.0805. The van der Waals surface area contributed by atoms with Gasteiger partial charge in [-0.15, -0.1) is 10.2 Å². The molecule has 0 atom stereocenters. The van der Waals surface area contributed by atoms with E-state index in [-0.39, 0.29) is 122 Å². The van der Waals surface area contributed by atoms with Crippen LogP contribution in [0.3, 0.4) is 0 Å². The van der Waals surface area contributed by atoms with Crippen LogP contribution in [0, 0.1) is 0 Å². The van der Waals surface area contributed by atoms with Crippen molar-refractivity contribution in [1.29, 1.82) is 0 Å². The number of hydrogen-bond acceptors (Lipinski definition) is 14. The fourth-order valence-corrected chi connectivity index (χ4v) is 6.28. The molecule has 0 aliphatic rings. The number of azo groups is 1. The number of rotatable bonds is 9. The molecule has 1 aromatic heterocycles. The third-order valence-electron chi connectivity index (χ3n) is 6.39. The molecule has 0 aliphatic heterocycles. The zero-order valence-electron chi connectivity index (χ0n) is 26.5. The number of aromatic nitrogens is 3. The van der Waals surface area contributed by atoms with Crippen molar-refractivity contribution in [3.8, 4) is 5.75 Å². The molecule has 0 aliphatic carbocycles. The third-order valence-corrected chi connectivity index (χ3v) is 9.15. The van der Waals surface area contributed by atoms with Crippen molar-refractivity contribution in [3.63, 3.8) is 0 Å². The SMILES string of the molecule is CN(c1ccccc1)c1nc(Cl)nc(Nc2cc(S(=O)(=O)O)cc3cc(S(=O)(=O)O)c(N=Nc4ccccc4S(=O)(=O)O)c(O)c23)n1.[Na].[Na].[Na]. The van der Waals surface area contributed by atoms with Crippen molar-refractivity contribution in [2.75, 3.05) is 17.3 Å². The van der Waals surface area contributed by atoms with Gasteiger partial charge in [0.25, 0.3) is 30.4 Å². The van der Waals surface area contributed by atoms with Crippen LogP contribution in [0.5, 0.6) is 5.75 Å². The Morgan fingerprint density at radius 2 is 1.34 bits per heavy atom. The summed E-state index contributed by atoms with van der Waals surface area (Å²) < 4.78 is 102. The van der Waals surface area contributed by atoms with Gasteiger partial charge in [0.2, 0.25) is 17.2 Å². The first-order valence-electron chi connectivity index (χ1n) is 12.7. The average molecular weight is 791 g/mol. The van der Waals surface area contributed by atoms with E-state index in [0.717, 1.165) is 30.3 Å². The predicted octanol–water partition coefficient (Wildman–Crippen LogP) is 3.91. The molecular formula is C26H20ClN7Na3O10S3. The van der Waals surface area contributed by atoms with Crippen LogP contribution in [0.4, 0.5) is 34.6 Å². The summed E-state index contributed by atoms with van der Waals surface area (Å²) in [5.74, 6) is -1.27. The van der Waals surface area contributed by atoms with Crippen LogP contribution in [-0.4, -0.2) is 155 Å². The Morgan fingerprint density at radius 3 is 1.94 bits per heavy atom. The van der Waals surface area contributed by atoms with Gasteiger partial charge in [-0.1, -0.05) is 30.3 Å². The van der Waals surface area contributed by atoms with Crippen molar-refractivity contribution >= 4 is 176 Å². The minimum atomic E-state index is -5.23. The summed E-state index contributed by atoms with van der Waals surface area (Å²) in [6.07, 6.45) is 0. The number of phenolic OH excluding ortho intramolecular Hbond substituents is 1. The monoisotopic (exact) mass is 790 g/mol. The standard InChI is InChI=1S/C26H20ClN7O10S3.3Na/c1-34(15-7-3-2-4-8-15)26-30-24(27)29-25(31-26)28-18-13-16(45(36,37)38)11-14-12-20(47(42,43)44)22(23(35)21(14)18)33-32-17-9-5-6-10-19(17)46(39,40)41;;;/h2-13,35H,1H3,(H,36,37,38)(H,39,40,41)(H,42,43,44)(H,28,29,30,31);;;. The van der Waals surface area contributed by atoms with Gasteiger partial charge in [-0.3, -0.25) is 13.7 Å². The zero-order valence-corrected chi connectivity index (χ0v) is 35.7. The first-order valence-corrected chi connectivity index (χ1v) is 17.4. The van der Waals surface area contributed by atoms with Gasteiger partial charge in [-0.05, 0) is 59.5 Å². The maximum absolute atomic E-state index is 12.4. The second kappa shape index (κ2) is 17.3. The van der Waals surface area contributed by atoms with Crippen molar-refractivity contribution in [2.24, 2.45) is 10.2 Å². The zero-order chi connectivity index (χ0) is 34.3. The molecule has 0 unspecified atom stereocenters. The summed E-state index contributed by atoms with van der Waals surface area (Å²) in [4.78, 5) is 11.3. The van der Waals surface area contributed by atoms with Crippen molar-refractivity contribution in [3.05, 3.63) is 78.1 Å². The van der Waals surface area contributed by atoms with Gasteiger partial charge in [0, 0.05) is 107 Å². The average Bonchev–Trinajstić information content (AvgIpc) is 2.98. The fraction of sp³-hybridized carbons (Fsp3) is 0.0385. The number of fused-ring (bicyclic) bond motifs is 1. The number of hydrogen-bond donors (Lipinski definition) is 5. The minimum absolute atomic E-state index is 0. The van der Waals surface area contributed by atoms with Crippen LogP contribution in [0.15, 0.2) is 97.7 Å². The molecule has 0 bridgehead atoms. The van der Waals surface area contributed by atoms with Crippen LogP contribution in [0.1, 0.15) is 0 Å². The number of phenols is 1. The number of anilines is 4. The molecule has 17 nitrogen and oxygen atoms in total. The largest absolute Gasteiger partial charge is 0.505 e. The third kappa shape index (κ3) is 10.2. The molecule has 4 aromatic carbocycles. The molecule has 5 aromatic rings. The van der Waals surface area contributed by atoms with Crippen LogP contribution in [0.2, 0.25) is 5.28 Å². The van der Waals surface area contributed by atoms with E-state index >= 15 is 0 Å². The summed E-state index contributed by atoms with van der Waals surface area (Å²) in [5.41, 5.74) is -1.06.